The minimum Gasteiger partial charge on any atom is -0.497 e. The van der Waals surface area contributed by atoms with Gasteiger partial charge >= 0.3 is 0 Å². The van der Waals surface area contributed by atoms with Gasteiger partial charge in [0.25, 0.3) is 0 Å². The highest BCUT2D eigenvalue weighted by molar-refractivity contribution is 7.80. The number of nitrogens with one attached hydrogen (secondary N) is 3. The van der Waals surface area contributed by atoms with Crippen LogP contribution in [0.15, 0.2) is 30.3 Å². The molecule has 0 aromatic heterocycles. The molecule has 0 spiro atoms. The fourth-order valence-corrected chi connectivity index (χ4v) is 2.81. The van der Waals surface area contributed by atoms with E-state index in [-0.39, 0.29) is 22.8 Å². The van der Waals surface area contributed by atoms with E-state index in [4.69, 9.17) is 17.0 Å². The van der Waals surface area contributed by atoms with Crippen molar-refractivity contribution in [1.82, 2.24) is 16.2 Å². The number of methoxy groups -OCH3 is 1. The van der Waals surface area contributed by atoms with Crippen molar-refractivity contribution in [1.29, 1.82) is 0 Å². The monoisotopic (exact) mass is 361 g/mol. The largest absolute Gasteiger partial charge is 0.497 e. The molecule has 0 atom stereocenters. The van der Waals surface area contributed by atoms with Crippen molar-refractivity contribution in [2.75, 3.05) is 7.11 Å². The van der Waals surface area contributed by atoms with Gasteiger partial charge in [-0.3, -0.25) is 25.8 Å². The molecule has 0 aliphatic heterocycles. The van der Waals surface area contributed by atoms with Crippen molar-refractivity contribution in [2.45, 2.75) is 32.1 Å². The number of carbonyl (C=O) groups is 2. The van der Waals surface area contributed by atoms with Crippen molar-refractivity contribution >= 4 is 35.2 Å². The summed E-state index contributed by atoms with van der Waals surface area (Å²) >= 11 is 5.01. The van der Waals surface area contributed by atoms with Crippen molar-refractivity contribution in [3.05, 3.63) is 35.9 Å². The molecule has 25 heavy (non-hydrogen) atoms. The standard InChI is InChI=1S/C18H23N3O3S/c1-24-15-10-7-13(8-11-15)9-12-16(22)19-18(25)21-20-17(23)14-5-3-2-4-6-14/h7-12,14H,2-6H2,1H3,(H,20,23)(H2,19,21,22,25)/b12-9+. The number of hydrogen-bond acceptors (Lipinski definition) is 4. The Morgan fingerprint density at radius 2 is 1.80 bits per heavy atom. The zero-order chi connectivity index (χ0) is 18.1. The molecule has 3 N–H and O–H groups in total. The summed E-state index contributed by atoms with van der Waals surface area (Å²) in [7, 11) is 1.60. The molecule has 2 rings (SSSR count). The molecule has 0 unspecified atom stereocenters. The molecule has 7 heteroatoms. The van der Waals surface area contributed by atoms with Crippen molar-refractivity contribution in [3.8, 4) is 5.75 Å². The van der Waals surface area contributed by atoms with E-state index < -0.39 is 0 Å². The highest BCUT2D eigenvalue weighted by Gasteiger charge is 2.20. The summed E-state index contributed by atoms with van der Waals surface area (Å²) in [5.74, 6) is 0.320. The molecule has 1 saturated carbocycles. The van der Waals surface area contributed by atoms with Crippen LogP contribution in [-0.4, -0.2) is 24.0 Å². The number of ether oxygens (including phenoxy) is 1. The van der Waals surface area contributed by atoms with Crippen molar-refractivity contribution in [3.63, 3.8) is 0 Å². The van der Waals surface area contributed by atoms with Crippen LogP contribution in [-0.2, 0) is 9.59 Å². The Morgan fingerprint density at radius 3 is 2.44 bits per heavy atom. The Morgan fingerprint density at radius 1 is 1.12 bits per heavy atom. The second kappa shape index (κ2) is 9.78. The molecule has 1 aliphatic carbocycles. The molecular formula is C18H23N3O3S. The lowest BCUT2D eigenvalue weighted by Crippen LogP contribution is -2.50. The van der Waals surface area contributed by atoms with Gasteiger partial charge in [-0.05, 0) is 48.8 Å². The van der Waals surface area contributed by atoms with Gasteiger partial charge in [0.15, 0.2) is 5.11 Å². The SMILES string of the molecule is COc1ccc(/C=C/C(=O)NC(=S)NNC(=O)C2CCCCC2)cc1. The van der Waals surface area contributed by atoms with E-state index in [0.29, 0.717) is 0 Å². The third kappa shape index (κ3) is 6.54. The quantitative estimate of drug-likeness (QED) is 0.436. The van der Waals surface area contributed by atoms with Crippen LogP contribution >= 0.6 is 12.2 Å². The molecule has 2 amide bonds. The van der Waals surface area contributed by atoms with E-state index in [1.807, 2.05) is 24.3 Å². The summed E-state index contributed by atoms with van der Waals surface area (Å²) < 4.78 is 5.07. The Labute approximate surface area is 153 Å². The van der Waals surface area contributed by atoms with Crippen LogP contribution in [0.25, 0.3) is 6.08 Å². The highest BCUT2D eigenvalue weighted by atomic mass is 32.1. The fraction of sp³-hybridized carbons (Fsp3) is 0.389. The van der Waals surface area contributed by atoms with E-state index in [1.165, 1.54) is 12.5 Å². The maximum atomic E-state index is 12.0. The normalized spacial score (nSPS) is 14.8. The van der Waals surface area contributed by atoms with Crippen LogP contribution in [0.1, 0.15) is 37.7 Å². The first-order chi connectivity index (χ1) is 12.1. The topological polar surface area (TPSA) is 79.5 Å². The summed E-state index contributed by atoms with van der Waals surface area (Å²) in [4.78, 5) is 23.8. The van der Waals surface area contributed by atoms with Crippen LogP contribution in [0.3, 0.4) is 0 Å². The smallest absolute Gasteiger partial charge is 0.250 e. The third-order valence-electron chi connectivity index (χ3n) is 4.05. The van der Waals surface area contributed by atoms with Gasteiger partial charge in [-0.1, -0.05) is 31.4 Å². The number of amides is 2. The molecule has 6 nitrogen and oxygen atoms in total. The van der Waals surface area contributed by atoms with Gasteiger partial charge in [-0.2, -0.15) is 0 Å². The lowest BCUT2D eigenvalue weighted by molar-refractivity contribution is -0.126. The van der Waals surface area contributed by atoms with E-state index >= 15 is 0 Å². The predicted molar refractivity (Wildman–Crippen MR) is 101 cm³/mol. The second-order valence-corrected chi connectivity index (χ2v) is 6.28. The molecule has 1 aromatic rings. The van der Waals surface area contributed by atoms with E-state index in [0.717, 1.165) is 37.0 Å². The Kier molecular flexibility index (Phi) is 7.40. The summed E-state index contributed by atoms with van der Waals surface area (Å²) in [5, 5.41) is 2.55. The first-order valence-electron chi connectivity index (χ1n) is 8.31. The van der Waals surface area contributed by atoms with Gasteiger partial charge in [0, 0.05) is 12.0 Å². The molecule has 0 saturated heterocycles. The van der Waals surface area contributed by atoms with Crippen LogP contribution in [0.4, 0.5) is 0 Å². The molecule has 1 fully saturated rings. The number of rotatable bonds is 4. The lowest BCUT2D eigenvalue weighted by atomic mass is 9.89. The van der Waals surface area contributed by atoms with Crippen molar-refractivity contribution < 1.29 is 14.3 Å². The number of carbonyl (C=O) groups excluding carboxylic acids is 2. The van der Waals surface area contributed by atoms with Crippen LogP contribution < -0.4 is 20.9 Å². The Bertz CT molecular complexity index is 637. The number of benzene rings is 1. The average molecular weight is 361 g/mol. The zero-order valence-electron chi connectivity index (χ0n) is 14.2. The minimum absolute atomic E-state index is 0.0229. The van der Waals surface area contributed by atoms with Gasteiger partial charge < -0.3 is 4.74 Å². The summed E-state index contributed by atoms with van der Waals surface area (Å²) in [6.07, 6.45) is 8.18. The predicted octanol–water partition coefficient (Wildman–Crippen LogP) is 2.31. The molecule has 1 aromatic carbocycles. The van der Waals surface area contributed by atoms with Crippen LogP contribution in [0.5, 0.6) is 5.75 Å². The molecule has 134 valence electrons. The fourth-order valence-electron chi connectivity index (χ4n) is 2.66. The summed E-state index contributed by atoms with van der Waals surface area (Å²) in [6.45, 7) is 0. The van der Waals surface area contributed by atoms with Gasteiger partial charge in [0.1, 0.15) is 5.75 Å². The van der Waals surface area contributed by atoms with E-state index in [1.54, 1.807) is 13.2 Å². The number of hydrogen-bond donors (Lipinski definition) is 3. The number of hydrazine groups is 1. The molecular weight excluding hydrogens is 338 g/mol. The number of thiocarbonyl (C=S) groups is 1. The zero-order valence-corrected chi connectivity index (χ0v) is 15.0. The summed E-state index contributed by atoms with van der Waals surface area (Å²) in [6, 6.07) is 7.29. The highest BCUT2D eigenvalue weighted by Crippen LogP contribution is 2.23. The van der Waals surface area contributed by atoms with E-state index in [9.17, 15) is 9.59 Å². The van der Waals surface area contributed by atoms with Gasteiger partial charge in [-0.15, -0.1) is 0 Å². The van der Waals surface area contributed by atoms with Gasteiger partial charge in [0.05, 0.1) is 7.11 Å². The maximum absolute atomic E-state index is 12.0. The molecule has 0 heterocycles. The van der Waals surface area contributed by atoms with Crippen molar-refractivity contribution in [2.24, 2.45) is 5.92 Å². The first kappa shape index (κ1) is 18.9. The third-order valence-corrected chi connectivity index (χ3v) is 4.26. The molecule has 1 aliphatic rings. The average Bonchev–Trinajstić information content (AvgIpc) is 2.65. The Hall–Kier alpha value is -2.41. The van der Waals surface area contributed by atoms with Crippen LogP contribution in [0.2, 0.25) is 0 Å². The molecule has 0 radical (unpaired) electrons. The van der Waals surface area contributed by atoms with Gasteiger partial charge in [-0.25, -0.2) is 0 Å². The summed E-state index contributed by atoms with van der Waals surface area (Å²) in [5.41, 5.74) is 6.00. The molecule has 0 bridgehead atoms. The van der Waals surface area contributed by atoms with Gasteiger partial charge in [0.2, 0.25) is 11.8 Å². The Balaban J connectivity index is 1.72. The minimum atomic E-state index is -0.375. The second-order valence-electron chi connectivity index (χ2n) is 5.87. The first-order valence-corrected chi connectivity index (χ1v) is 8.72. The van der Waals surface area contributed by atoms with Crippen LogP contribution in [0, 0.1) is 5.92 Å². The maximum Gasteiger partial charge on any atom is 0.250 e. The van der Waals surface area contributed by atoms with E-state index in [2.05, 4.69) is 16.2 Å². The lowest BCUT2D eigenvalue weighted by Gasteiger charge is -2.21.